The SMILES string of the molecule is CCON=C(c1ccc2cc(OC)ccc2c1)[C@@H]1CCCNC1. The third-order valence-electron chi connectivity index (χ3n) is 4.32. The van der Waals surface area contributed by atoms with Crippen LogP contribution in [0.15, 0.2) is 41.6 Å². The number of benzene rings is 2. The summed E-state index contributed by atoms with van der Waals surface area (Å²) in [4.78, 5) is 5.39. The molecule has 0 radical (unpaired) electrons. The minimum Gasteiger partial charge on any atom is -0.497 e. The highest BCUT2D eigenvalue weighted by atomic mass is 16.6. The van der Waals surface area contributed by atoms with Crippen molar-refractivity contribution >= 4 is 16.5 Å². The Morgan fingerprint density at radius 2 is 2.04 bits per heavy atom. The van der Waals surface area contributed by atoms with E-state index in [1.54, 1.807) is 7.11 Å². The fourth-order valence-electron chi connectivity index (χ4n) is 3.09. The van der Waals surface area contributed by atoms with Crippen LogP contribution >= 0.6 is 0 Å². The molecule has 0 amide bonds. The molecule has 0 saturated carbocycles. The van der Waals surface area contributed by atoms with Gasteiger partial charge in [0.05, 0.1) is 12.8 Å². The van der Waals surface area contributed by atoms with E-state index in [0.717, 1.165) is 36.5 Å². The van der Waals surface area contributed by atoms with Gasteiger partial charge in [-0.1, -0.05) is 23.4 Å². The van der Waals surface area contributed by atoms with E-state index in [1.165, 1.54) is 17.2 Å². The van der Waals surface area contributed by atoms with Gasteiger partial charge < -0.3 is 14.9 Å². The van der Waals surface area contributed by atoms with Crippen LogP contribution in [0, 0.1) is 5.92 Å². The van der Waals surface area contributed by atoms with Gasteiger partial charge in [-0.3, -0.25) is 0 Å². The number of hydrogen-bond donors (Lipinski definition) is 1. The van der Waals surface area contributed by atoms with E-state index in [2.05, 4.69) is 40.8 Å². The summed E-state index contributed by atoms with van der Waals surface area (Å²) in [6.07, 6.45) is 2.33. The lowest BCUT2D eigenvalue weighted by atomic mass is 9.89. The summed E-state index contributed by atoms with van der Waals surface area (Å²) < 4.78 is 5.30. The molecule has 4 nitrogen and oxygen atoms in total. The van der Waals surface area contributed by atoms with Crippen molar-refractivity contribution < 1.29 is 9.57 Å². The molecule has 23 heavy (non-hydrogen) atoms. The average molecular weight is 312 g/mol. The van der Waals surface area contributed by atoms with Crippen molar-refractivity contribution in [3.8, 4) is 5.75 Å². The van der Waals surface area contributed by atoms with E-state index in [1.807, 2.05) is 13.0 Å². The topological polar surface area (TPSA) is 42.9 Å². The highest BCUT2D eigenvalue weighted by molar-refractivity contribution is 6.04. The smallest absolute Gasteiger partial charge is 0.119 e. The van der Waals surface area contributed by atoms with Crippen LogP contribution in [0.25, 0.3) is 10.8 Å². The minimum absolute atomic E-state index is 0.408. The first-order chi connectivity index (χ1) is 11.3. The van der Waals surface area contributed by atoms with Crippen molar-refractivity contribution in [1.82, 2.24) is 5.32 Å². The van der Waals surface area contributed by atoms with Crippen molar-refractivity contribution in [3.63, 3.8) is 0 Å². The lowest BCUT2D eigenvalue weighted by Crippen LogP contribution is -2.35. The summed E-state index contributed by atoms with van der Waals surface area (Å²) in [6.45, 7) is 4.61. The number of nitrogens with one attached hydrogen (secondary N) is 1. The first-order valence-electron chi connectivity index (χ1n) is 8.30. The number of hydrogen-bond acceptors (Lipinski definition) is 4. The second-order valence-corrected chi connectivity index (χ2v) is 5.87. The molecule has 1 N–H and O–H groups in total. The van der Waals surface area contributed by atoms with Gasteiger partial charge in [-0.25, -0.2) is 0 Å². The Balaban J connectivity index is 1.96. The lowest BCUT2D eigenvalue weighted by molar-refractivity contribution is 0.156. The molecule has 4 heteroatoms. The summed E-state index contributed by atoms with van der Waals surface area (Å²) in [5.41, 5.74) is 2.20. The zero-order valence-corrected chi connectivity index (χ0v) is 13.8. The summed E-state index contributed by atoms with van der Waals surface area (Å²) in [5, 5.41) is 10.3. The van der Waals surface area contributed by atoms with E-state index in [4.69, 9.17) is 9.57 Å². The molecule has 0 aromatic heterocycles. The maximum Gasteiger partial charge on any atom is 0.119 e. The highest BCUT2D eigenvalue weighted by Crippen LogP contribution is 2.25. The quantitative estimate of drug-likeness (QED) is 0.678. The molecule has 0 unspecified atom stereocenters. The number of ether oxygens (including phenoxy) is 1. The molecule has 1 aliphatic heterocycles. The molecular weight excluding hydrogens is 288 g/mol. The Hall–Kier alpha value is -2.07. The van der Waals surface area contributed by atoms with Gasteiger partial charge in [-0.05, 0) is 55.3 Å². The van der Waals surface area contributed by atoms with Gasteiger partial charge in [-0.2, -0.15) is 0 Å². The minimum atomic E-state index is 0.408. The predicted molar refractivity (Wildman–Crippen MR) is 94.3 cm³/mol. The second kappa shape index (κ2) is 7.47. The molecule has 0 aliphatic carbocycles. The molecule has 1 saturated heterocycles. The average Bonchev–Trinajstić information content (AvgIpc) is 2.62. The Bertz CT molecular complexity index is 691. The molecular formula is C19H24N2O2. The zero-order valence-electron chi connectivity index (χ0n) is 13.8. The van der Waals surface area contributed by atoms with Gasteiger partial charge >= 0.3 is 0 Å². The van der Waals surface area contributed by atoms with Gasteiger partial charge in [0.15, 0.2) is 0 Å². The summed E-state index contributed by atoms with van der Waals surface area (Å²) in [7, 11) is 1.69. The molecule has 1 atom stereocenters. The summed E-state index contributed by atoms with van der Waals surface area (Å²) in [5.74, 6) is 1.29. The number of piperidine rings is 1. The Labute approximate surface area is 137 Å². The normalized spacial score (nSPS) is 18.9. The molecule has 1 heterocycles. The highest BCUT2D eigenvalue weighted by Gasteiger charge is 2.21. The largest absolute Gasteiger partial charge is 0.497 e. The second-order valence-electron chi connectivity index (χ2n) is 5.87. The predicted octanol–water partition coefficient (Wildman–Crippen LogP) is 3.59. The maximum atomic E-state index is 5.39. The van der Waals surface area contributed by atoms with Gasteiger partial charge in [0.1, 0.15) is 12.4 Å². The van der Waals surface area contributed by atoms with Crippen LogP contribution in [0.5, 0.6) is 5.75 Å². The van der Waals surface area contributed by atoms with Crippen molar-refractivity contribution in [2.75, 3.05) is 26.8 Å². The lowest BCUT2D eigenvalue weighted by Gasteiger charge is -2.24. The maximum absolute atomic E-state index is 5.39. The van der Waals surface area contributed by atoms with Crippen LogP contribution in [0.3, 0.4) is 0 Å². The Morgan fingerprint density at radius 1 is 1.22 bits per heavy atom. The van der Waals surface area contributed by atoms with Crippen LogP contribution in [-0.2, 0) is 4.84 Å². The van der Waals surface area contributed by atoms with E-state index >= 15 is 0 Å². The van der Waals surface area contributed by atoms with E-state index < -0.39 is 0 Å². The fraction of sp³-hybridized carbons (Fsp3) is 0.421. The van der Waals surface area contributed by atoms with Gasteiger partial charge in [0.2, 0.25) is 0 Å². The number of fused-ring (bicyclic) bond motifs is 1. The van der Waals surface area contributed by atoms with E-state index in [0.29, 0.717) is 12.5 Å². The first kappa shape index (κ1) is 15.8. The number of methoxy groups -OCH3 is 1. The molecule has 2 aromatic rings. The number of oxime groups is 1. The molecule has 1 fully saturated rings. The van der Waals surface area contributed by atoms with Gasteiger partial charge in [0, 0.05) is 18.0 Å². The number of nitrogens with zero attached hydrogens (tertiary/aromatic N) is 1. The van der Waals surface area contributed by atoms with Crippen molar-refractivity contribution in [1.29, 1.82) is 0 Å². The standard InChI is InChI=1S/C19H24N2O2/c1-3-23-21-19(17-5-4-10-20-13-17)16-7-6-15-12-18(22-2)9-8-14(15)11-16/h6-9,11-12,17,20H,3-5,10,13H2,1-2H3/t17-/m1/s1. The summed E-state index contributed by atoms with van der Waals surface area (Å²) >= 11 is 0. The van der Waals surface area contributed by atoms with Crippen molar-refractivity contribution in [3.05, 3.63) is 42.0 Å². The van der Waals surface area contributed by atoms with E-state index in [9.17, 15) is 0 Å². The van der Waals surface area contributed by atoms with E-state index in [-0.39, 0.29) is 0 Å². The summed E-state index contributed by atoms with van der Waals surface area (Å²) in [6, 6.07) is 12.6. The van der Waals surface area contributed by atoms with Crippen LogP contribution in [0.4, 0.5) is 0 Å². The molecule has 0 spiro atoms. The van der Waals surface area contributed by atoms with Crippen LogP contribution in [0.1, 0.15) is 25.3 Å². The molecule has 0 bridgehead atoms. The molecule has 1 aliphatic rings. The van der Waals surface area contributed by atoms with Crippen molar-refractivity contribution in [2.24, 2.45) is 11.1 Å². The molecule has 2 aromatic carbocycles. The zero-order chi connectivity index (χ0) is 16.1. The van der Waals surface area contributed by atoms with Gasteiger partial charge in [0.25, 0.3) is 0 Å². The number of rotatable bonds is 5. The monoisotopic (exact) mass is 312 g/mol. The van der Waals surface area contributed by atoms with Crippen LogP contribution < -0.4 is 10.1 Å². The first-order valence-corrected chi connectivity index (χ1v) is 8.30. The Kier molecular flexibility index (Phi) is 5.13. The molecule has 3 rings (SSSR count). The Morgan fingerprint density at radius 3 is 2.78 bits per heavy atom. The fourth-order valence-corrected chi connectivity index (χ4v) is 3.09. The third kappa shape index (κ3) is 3.64. The third-order valence-corrected chi connectivity index (χ3v) is 4.32. The van der Waals surface area contributed by atoms with Crippen LogP contribution in [0.2, 0.25) is 0 Å². The molecule has 122 valence electrons. The van der Waals surface area contributed by atoms with Gasteiger partial charge in [-0.15, -0.1) is 0 Å². The van der Waals surface area contributed by atoms with Crippen LogP contribution in [-0.4, -0.2) is 32.5 Å². The van der Waals surface area contributed by atoms with Crippen molar-refractivity contribution in [2.45, 2.75) is 19.8 Å².